The van der Waals surface area contributed by atoms with Crippen LogP contribution in [-0.2, 0) is 33.2 Å². The van der Waals surface area contributed by atoms with Gasteiger partial charge in [0.1, 0.15) is 0 Å². The molecule has 0 aromatic heterocycles. The predicted octanol–water partition coefficient (Wildman–Crippen LogP) is 1.07. The third-order valence-electron chi connectivity index (χ3n) is 3.76. The Kier molecular flexibility index (Phi) is 3.20. The van der Waals surface area contributed by atoms with Gasteiger partial charge >= 0.3 is 5.97 Å². The molecule has 0 N–H and O–H groups in total. The van der Waals surface area contributed by atoms with Gasteiger partial charge in [0, 0.05) is 14.0 Å². The van der Waals surface area contributed by atoms with Gasteiger partial charge in [-0.05, 0) is 32.9 Å². The first-order valence-electron chi connectivity index (χ1n) is 6.85. The van der Waals surface area contributed by atoms with Crippen LogP contribution in [0.15, 0.2) is 12.2 Å². The monoisotopic (exact) mass is 300 g/mol. The number of hydrogen-bond acceptors (Lipinski definition) is 7. The van der Waals surface area contributed by atoms with E-state index in [1.165, 1.54) is 14.0 Å². The van der Waals surface area contributed by atoms with Gasteiger partial charge in [-0.15, -0.1) is 0 Å². The molecule has 0 aliphatic carbocycles. The number of hydrogen-bond donors (Lipinski definition) is 0. The molecule has 0 amide bonds. The summed E-state index contributed by atoms with van der Waals surface area (Å²) < 4.78 is 33.9. The Balaban J connectivity index is 1.89. The van der Waals surface area contributed by atoms with Crippen molar-refractivity contribution in [1.29, 1.82) is 0 Å². The molecule has 0 radical (unpaired) electrons. The summed E-state index contributed by atoms with van der Waals surface area (Å²) in [6, 6.07) is 0. The van der Waals surface area contributed by atoms with Crippen LogP contribution in [0.3, 0.4) is 0 Å². The van der Waals surface area contributed by atoms with Crippen molar-refractivity contribution < 1.29 is 33.2 Å². The van der Waals surface area contributed by atoms with Crippen molar-refractivity contribution in [2.75, 3.05) is 7.11 Å². The molecular formula is C14H20O7. The van der Waals surface area contributed by atoms with Crippen molar-refractivity contribution in [3.8, 4) is 0 Å². The van der Waals surface area contributed by atoms with Gasteiger partial charge in [0.25, 0.3) is 0 Å². The Labute approximate surface area is 123 Å². The third-order valence-corrected chi connectivity index (χ3v) is 3.76. The summed E-state index contributed by atoms with van der Waals surface area (Å²) in [4.78, 5) is 11.4. The van der Waals surface area contributed by atoms with Crippen molar-refractivity contribution >= 4 is 5.97 Å². The molecule has 4 unspecified atom stereocenters. The molecule has 5 atom stereocenters. The fourth-order valence-corrected chi connectivity index (χ4v) is 2.84. The molecule has 1 spiro atoms. The maximum atomic E-state index is 11.4. The number of carbonyl (C=O) groups is 1. The second-order valence-electron chi connectivity index (χ2n) is 5.99. The zero-order valence-electron chi connectivity index (χ0n) is 12.7. The summed E-state index contributed by atoms with van der Waals surface area (Å²) in [6.07, 6.45) is 1.40. The summed E-state index contributed by atoms with van der Waals surface area (Å²) in [5, 5.41) is 0. The minimum atomic E-state index is -1.26. The van der Waals surface area contributed by atoms with E-state index < -0.39 is 41.8 Å². The highest BCUT2D eigenvalue weighted by molar-refractivity contribution is 5.66. The quantitative estimate of drug-likeness (QED) is 0.558. The van der Waals surface area contributed by atoms with Gasteiger partial charge in [-0.2, -0.15) is 0 Å². The zero-order chi connectivity index (χ0) is 15.5. The maximum absolute atomic E-state index is 11.4. The predicted molar refractivity (Wildman–Crippen MR) is 68.8 cm³/mol. The van der Waals surface area contributed by atoms with E-state index in [9.17, 15) is 4.79 Å². The molecule has 2 saturated heterocycles. The van der Waals surface area contributed by atoms with E-state index in [0.29, 0.717) is 0 Å². The van der Waals surface area contributed by atoms with Gasteiger partial charge in [0.15, 0.2) is 30.1 Å². The van der Waals surface area contributed by atoms with Crippen molar-refractivity contribution in [3.63, 3.8) is 0 Å². The van der Waals surface area contributed by atoms with E-state index in [-0.39, 0.29) is 0 Å². The van der Waals surface area contributed by atoms with E-state index in [2.05, 4.69) is 0 Å². The Morgan fingerprint density at radius 3 is 2.43 bits per heavy atom. The number of rotatable bonds is 2. The molecule has 3 aliphatic heterocycles. The molecule has 0 aromatic rings. The average Bonchev–Trinajstić information content (AvgIpc) is 2.93. The molecule has 7 heteroatoms. The van der Waals surface area contributed by atoms with Gasteiger partial charge in [0.2, 0.25) is 5.79 Å². The van der Waals surface area contributed by atoms with Crippen LogP contribution < -0.4 is 0 Å². The SMILES string of the molecule is COC1(C)C=C[C@]2(OC3OC(C)(C)OC3C2OC(C)=O)O1. The van der Waals surface area contributed by atoms with Crippen LogP contribution in [0, 0.1) is 0 Å². The minimum Gasteiger partial charge on any atom is -0.453 e. The first-order valence-corrected chi connectivity index (χ1v) is 6.85. The zero-order valence-corrected chi connectivity index (χ0v) is 12.7. The highest BCUT2D eigenvalue weighted by Gasteiger charge is 2.66. The molecule has 0 bridgehead atoms. The van der Waals surface area contributed by atoms with Gasteiger partial charge in [-0.1, -0.05) is 0 Å². The largest absolute Gasteiger partial charge is 0.453 e. The van der Waals surface area contributed by atoms with Crippen LogP contribution in [0.2, 0.25) is 0 Å². The van der Waals surface area contributed by atoms with Crippen LogP contribution in [0.5, 0.6) is 0 Å². The molecule has 2 fully saturated rings. The highest BCUT2D eigenvalue weighted by Crippen LogP contribution is 2.49. The van der Waals surface area contributed by atoms with Crippen molar-refractivity contribution in [2.45, 2.75) is 63.6 Å². The smallest absolute Gasteiger partial charge is 0.303 e. The Hall–Kier alpha value is -0.990. The number of carbonyl (C=O) groups excluding carboxylic acids is 1. The second kappa shape index (κ2) is 4.50. The summed E-state index contributed by atoms with van der Waals surface area (Å²) in [7, 11) is 1.52. The fraction of sp³-hybridized carbons (Fsp3) is 0.786. The lowest BCUT2D eigenvalue weighted by Crippen LogP contribution is -2.49. The van der Waals surface area contributed by atoms with Gasteiger partial charge in [0.05, 0.1) is 0 Å². The minimum absolute atomic E-state index is 0.444. The van der Waals surface area contributed by atoms with Crippen molar-refractivity contribution in [2.24, 2.45) is 0 Å². The van der Waals surface area contributed by atoms with E-state index >= 15 is 0 Å². The summed E-state index contributed by atoms with van der Waals surface area (Å²) >= 11 is 0. The number of ether oxygens (including phenoxy) is 6. The summed E-state index contributed by atoms with van der Waals surface area (Å²) in [5.74, 6) is -3.46. The normalized spacial score (nSPS) is 47.0. The molecule has 0 saturated carbocycles. The lowest BCUT2D eigenvalue weighted by Gasteiger charge is -2.34. The highest BCUT2D eigenvalue weighted by atomic mass is 16.9. The van der Waals surface area contributed by atoms with Crippen LogP contribution in [0.1, 0.15) is 27.7 Å². The van der Waals surface area contributed by atoms with E-state index in [4.69, 9.17) is 28.4 Å². The van der Waals surface area contributed by atoms with Gasteiger partial charge < -0.3 is 28.4 Å². The van der Waals surface area contributed by atoms with Crippen LogP contribution >= 0.6 is 0 Å². The standard InChI is InChI=1S/C14H20O7/c1-8(15)17-10-9-11(19-12(2,3)18-9)20-14(10)7-6-13(4,16-5)21-14/h6-7,9-11H,1-5H3/t9?,10?,11?,13?,14-/m0/s1. The first kappa shape index (κ1) is 14.9. The van der Waals surface area contributed by atoms with Gasteiger partial charge in [-0.3, -0.25) is 4.79 Å². The fourth-order valence-electron chi connectivity index (χ4n) is 2.84. The summed E-state index contributed by atoms with van der Waals surface area (Å²) in [6.45, 7) is 6.62. The Morgan fingerprint density at radius 2 is 1.86 bits per heavy atom. The van der Waals surface area contributed by atoms with E-state index in [1.807, 2.05) is 0 Å². The average molecular weight is 300 g/mol. The van der Waals surface area contributed by atoms with Crippen molar-refractivity contribution in [3.05, 3.63) is 12.2 Å². The van der Waals surface area contributed by atoms with E-state index in [0.717, 1.165) is 0 Å². The third kappa shape index (κ3) is 2.39. The topological polar surface area (TPSA) is 72.5 Å². The molecule has 3 aliphatic rings. The molecule has 7 nitrogen and oxygen atoms in total. The Bertz CT molecular complexity index is 488. The molecular weight excluding hydrogens is 280 g/mol. The van der Waals surface area contributed by atoms with Crippen LogP contribution in [-0.4, -0.2) is 48.9 Å². The molecule has 3 rings (SSSR count). The maximum Gasteiger partial charge on any atom is 0.303 e. The molecule has 0 aromatic carbocycles. The van der Waals surface area contributed by atoms with E-state index in [1.54, 1.807) is 32.9 Å². The van der Waals surface area contributed by atoms with Crippen molar-refractivity contribution in [1.82, 2.24) is 0 Å². The van der Waals surface area contributed by atoms with Gasteiger partial charge in [-0.25, -0.2) is 0 Å². The summed E-state index contributed by atoms with van der Waals surface area (Å²) in [5.41, 5.74) is 0. The number of fused-ring (bicyclic) bond motifs is 1. The molecule has 21 heavy (non-hydrogen) atoms. The number of esters is 1. The molecule has 3 heterocycles. The first-order chi connectivity index (χ1) is 9.69. The van der Waals surface area contributed by atoms with Crippen LogP contribution in [0.4, 0.5) is 0 Å². The lowest BCUT2D eigenvalue weighted by atomic mass is 10.1. The Morgan fingerprint density at radius 1 is 1.14 bits per heavy atom. The lowest BCUT2D eigenvalue weighted by molar-refractivity contribution is -0.340. The second-order valence-corrected chi connectivity index (χ2v) is 5.99. The molecule has 118 valence electrons. The number of methoxy groups -OCH3 is 1. The van der Waals surface area contributed by atoms with Crippen LogP contribution in [0.25, 0.3) is 0 Å².